The van der Waals surface area contributed by atoms with Crippen molar-refractivity contribution in [3.8, 4) is 0 Å². The van der Waals surface area contributed by atoms with Crippen LogP contribution in [0.2, 0.25) is 5.15 Å². The first-order valence-electron chi connectivity index (χ1n) is 4.54. The highest BCUT2D eigenvalue weighted by molar-refractivity contribution is 6.34. The maximum absolute atomic E-state index is 10.6. The number of carbonyl (C=O) groups excluding carboxylic acids is 1. The Labute approximate surface area is 96.8 Å². The highest BCUT2D eigenvalue weighted by Crippen LogP contribution is 2.20. The zero-order valence-electron chi connectivity index (χ0n) is 8.22. The highest BCUT2D eigenvalue weighted by Gasteiger charge is 2.00. The number of halogens is 1. The number of fused-ring (bicyclic) bond motifs is 1. The number of aromatic nitrogens is 2. The average molecular weight is 234 g/mol. The number of amides is 1. The van der Waals surface area contributed by atoms with E-state index in [4.69, 9.17) is 17.3 Å². The van der Waals surface area contributed by atoms with Crippen molar-refractivity contribution in [2.75, 3.05) is 0 Å². The molecule has 1 heterocycles. The lowest BCUT2D eigenvalue weighted by molar-refractivity contribution is -0.113. The molecule has 0 aliphatic carbocycles. The Morgan fingerprint density at radius 1 is 1.38 bits per heavy atom. The summed E-state index contributed by atoms with van der Waals surface area (Å²) in [5, 5.41) is 1.19. The zero-order valence-corrected chi connectivity index (χ0v) is 8.98. The molecule has 1 aromatic carbocycles. The average Bonchev–Trinajstić information content (AvgIpc) is 2.26. The number of hydrogen-bond donors (Lipinski definition) is 1. The van der Waals surface area contributed by atoms with Crippen molar-refractivity contribution in [3.63, 3.8) is 0 Å². The van der Waals surface area contributed by atoms with Gasteiger partial charge in [-0.1, -0.05) is 17.7 Å². The fraction of sp³-hybridized carbons (Fsp3) is 0. The molecular formula is C11H8ClN3O. The summed E-state index contributed by atoms with van der Waals surface area (Å²) in [4.78, 5) is 18.5. The van der Waals surface area contributed by atoms with E-state index in [0.29, 0.717) is 5.15 Å². The molecule has 0 saturated heterocycles. The highest BCUT2D eigenvalue weighted by atomic mass is 35.5. The molecule has 1 amide bonds. The zero-order chi connectivity index (χ0) is 11.5. The van der Waals surface area contributed by atoms with Gasteiger partial charge in [0, 0.05) is 11.5 Å². The minimum Gasteiger partial charge on any atom is -0.366 e. The van der Waals surface area contributed by atoms with Crippen molar-refractivity contribution in [3.05, 3.63) is 41.3 Å². The molecule has 80 valence electrons. The van der Waals surface area contributed by atoms with Gasteiger partial charge in [0.2, 0.25) is 5.91 Å². The summed E-state index contributed by atoms with van der Waals surface area (Å²) in [5.74, 6) is -0.485. The first-order valence-corrected chi connectivity index (χ1v) is 4.92. The lowest BCUT2D eigenvalue weighted by atomic mass is 10.1. The van der Waals surface area contributed by atoms with Crippen LogP contribution in [-0.2, 0) is 4.79 Å². The second-order valence-electron chi connectivity index (χ2n) is 3.18. The first-order chi connectivity index (χ1) is 7.66. The quantitative estimate of drug-likeness (QED) is 0.635. The van der Waals surface area contributed by atoms with Crippen molar-refractivity contribution in [1.82, 2.24) is 9.97 Å². The fourth-order valence-corrected chi connectivity index (χ4v) is 1.53. The van der Waals surface area contributed by atoms with E-state index < -0.39 is 5.91 Å². The molecule has 2 N–H and O–H groups in total. The summed E-state index contributed by atoms with van der Waals surface area (Å²) >= 11 is 5.89. The molecule has 0 aliphatic heterocycles. The first kappa shape index (κ1) is 10.6. The van der Waals surface area contributed by atoms with Crippen molar-refractivity contribution in [2.24, 2.45) is 5.73 Å². The smallest absolute Gasteiger partial charge is 0.241 e. The van der Waals surface area contributed by atoms with Crippen molar-refractivity contribution in [2.45, 2.75) is 0 Å². The van der Waals surface area contributed by atoms with Gasteiger partial charge in [-0.05, 0) is 23.8 Å². The van der Waals surface area contributed by atoms with Gasteiger partial charge >= 0.3 is 0 Å². The van der Waals surface area contributed by atoms with Gasteiger partial charge in [0.25, 0.3) is 0 Å². The van der Waals surface area contributed by atoms with Gasteiger partial charge in [0.15, 0.2) is 0 Å². The Morgan fingerprint density at radius 3 is 2.94 bits per heavy atom. The van der Waals surface area contributed by atoms with Crippen LogP contribution in [0.5, 0.6) is 0 Å². The second kappa shape index (κ2) is 4.28. The largest absolute Gasteiger partial charge is 0.366 e. The van der Waals surface area contributed by atoms with Gasteiger partial charge in [0.1, 0.15) is 11.5 Å². The molecule has 0 aliphatic rings. The lowest BCUT2D eigenvalue weighted by Crippen LogP contribution is -2.05. The summed E-state index contributed by atoms with van der Waals surface area (Å²) in [5.41, 5.74) is 6.57. The van der Waals surface area contributed by atoms with Crippen LogP contribution in [0.15, 0.2) is 30.6 Å². The molecule has 0 radical (unpaired) electrons. The molecule has 16 heavy (non-hydrogen) atoms. The third-order valence-corrected chi connectivity index (χ3v) is 2.35. The number of nitrogens with zero attached hydrogens (tertiary/aromatic N) is 2. The summed E-state index contributed by atoms with van der Waals surface area (Å²) < 4.78 is 0. The molecule has 2 aromatic rings. The number of hydrogen-bond acceptors (Lipinski definition) is 3. The van der Waals surface area contributed by atoms with Crippen LogP contribution in [0.4, 0.5) is 0 Å². The van der Waals surface area contributed by atoms with Gasteiger partial charge in [0.05, 0.1) is 5.52 Å². The Balaban J connectivity index is 2.49. The van der Waals surface area contributed by atoms with Crippen LogP contribution < -0.4 is 5.73 Å². The van der Waals surface area contributed by atoms with E-state index in [0.717, 1.165) is 16.5 Å². The Morgan fingerprint density at radius 2 is 2.19 bits per heavy atom. The molecule has 2 rings (SSSR count). The predicted molar refractivity (Wildman–Crippen MR) is 62.8 cm³/mol. The number of nitrogens with two attached hydrogens (primary N) is 1. The van der Waals surface area contributed by atoms with Crippen molar-refractivity contribution in [1.29, 1.82) is 0 Å². The molecule has 1 aromatic heterocycles. The third-order valence-electron chi connectivity index (χ3n) is 2.05. The van der Waals surface area contributed by atoms with Crippen LogP contribution in [0.3, 0.4) is 0 Å². The summed E-state index contributed by atoms with van der Waals surface area (Å²) in [7, 11) is 0. The van der Waals surface area contributed by atoms with E-state index in [1.165, 1.54) is 12.4 Å². The fourth-order valence-electron chi connectivity index (χ4n) is 1.32. The molecule has 5 heteroatoms. The Kier molecular flexibility index (Phi) is 2.83. The van der Waals surface area contributed by atoms with Crippen LogP contribution >= 0.6 is 11.6 Å². The Bertz CT molecular complexity index is 580. The summed E-state index contributed by atoms with van der Waals surface area (Å²) in [6, 6.07) is 5.43. The maximum atomic E-state index is 10.6. The third kappa shape index (κ3) is 2.17. The number of primary amides is 1. The van der Waals surface area contributed by atoms with Crippen LogP contribution in [0.25, 0.3) is 17.0 Å². The van der Waals surface area contributed by atoms with Gasteiger partial charge in [-0.25, -0.2) is 9.97 Å². The minimum absolute atomic E-state index is 0.412. The van der Waals surface area contributed by atoms with Crippen LogP contribution in [-0.4, -0.2) is 15.9 Å². The molecule has 0 fully saturated rings. The van der Waals surface area contributed by atoms with Crippen LogP contribution in [0, 0.1) is 0 Å². The van der Waals surface area contributed by atoms with Gasteiger partial charge in [-0.15, -0.1) is 0 Å². The van der Waals surface area contributed by atoms with E-state index in [-0.39, 0.29) is 0 Å². The second-order valence-corrected chi connectivity index (χ2v) is 3.53. The number of carbonyl (C=O) groups is 1. The normalized spacial score (nSPS) is 11.1. The Hall–Kier alpha value is -1.94. The van der Waals surface area contributed by atoms with Crippen molar-refractivity contribution < 1.29 is 4.79 Å². The van der Waals surface area contributed by atoms with E-state index in [2.05, 4.69) is 9.97 Å². The number of rotatable bonds is 2. The van der Waals surface area contributed by atoms with Gasteiger partial charge in [-0.3, -0.25) is 4.79 Å². The standard InChI is InChI=1S/C11H8ClN3O/c12-11-8-3-1-7(2-4-10(13)16)5-9(8)14-6-15-11/h1-6H,(H2,13,16). The summed E-state index contributed by atoms with van der Waals surface area (Å²) in [6.45, 7) is 0. The van der Waals surface area contributed by atoms with Gasteiger partial charge < -0.3 is 5.73 Å². The number of benzene rings is 1. The molecule has 0 atom stereocenters. The van der Waals surface area contributed by atoms with E-state index in [9.17, 15) is 4.79 Å². The van der Waals surface area contributed by atoms with E-state index >= 15 is 0 Å². The van der Waals surface area contributed by atoms with E-state index in [1.807, 2.05) is 12.1 Å². The lowest BCUT2D eigenvalue weighted by Gasteiger charge is -1.99. The van der Waals surface area contributed by atoms with Gasteiger partial charge in [-0.2, -0.15) is 0 Å². The molecule has 0 unspecified atom stereocenters. The monoisotopic (exact) mass is 233 g/mol. The molecule has 4 nitrogen and oxygen atoms in total. The van der Waals surface area contributed by atoms with E-state index in [1.54, 1.807) is 12.1 Å². The SMILES string of the molecule is NC(=O)C=Cc1ccc2c(Cl)ncnc2c1. The van der Waals surface area contributed by atoms with Crippen LogP contribution in [0.1, 0.15) is 5.56 Å². The topological polar surface area (TPSA) is 68.9 Å². The predicted octanol–water partition coefficient (Wildman–Crippen LogP) is 1.78. The summed E-state index contributed by atoms with van der Waals surface area (Å²) in [6.07, 6.45) is 4.31. The molecule has 0 bridgehead atoms. The molecular weight excluding hydrogens is 226 g/mol. The molecule has 0 spiro atoms. The molecule has 0 saturated carbocycles. The van der Waals surface area contributed by atoms with Crippen molar-refractivity contribution >= 4 is 34.5 Å². The minimum atomic E-state index is -0.485. The maximum Gasteiger partial charge on any atom is 0.241 e.